The Morgan fingerprint density at radius 3 is 2.63 bits per heavy atom. The van der Waals surface area contributed by atoms with Crippen LogP contribution in [0.25, 0.3) is 10.9 Å². The van der Waals surface area contributed by atoms with Crippen LogP contribution >= 0.6 is 0 Å². The minimum absolute atomic E-state index is 0.125. The molecule has 2 aromatic carbocycles. The molecule has 0 bridgehead atoms. The molecule has 0 spiro atoms. The van der Waals surface area contributed by atoms with Crippen molar-refractivity contribution in [3.8, 4) is 5.75 Å². The normalized spacial score (nSPS) is 15.4. The number of aromatic amines is 1. The maximum atomic E-state index is 13.0. The van der Waals surface area contributed by atoms with E-state index in [2.05, 4.69) is 4.98 Å². The number of amides is 1. The number of fused-ring (bicyclic) bond motifs is 1. The number of likely N-dealkylation sites (tertiary alicyclic amines) is 1. The Hall–Kier alpha value is -2.82. The Morgan fingerprint density at radius 2 is 1.89 bits per heavy atom. The lowest BCUT2D eigenvalue weighted by atomic mass is 9.90. The van der Waals surface area contributed by atoms with Gasteiger partial charge in [-0.1, -0.05) is 12.1 Å². The fourth-order valence-corrected chi connectivity index (χ4v) is 3.93. The van der Waals surface area contributed by atoms with Crippen molar-refractivity contribution in [2.75, 3.05) is 13.1 Å². The number of carbonyl (C=O) groups is 1. The number of carbonyl (C=O) groups excluding carboxylic acids is 1. The minimum Gasteiger partial charge on any atom is -0.508 e. The molecule has 2 heterocycles. The molecule has 5 heteroatoms. The molecule has 0 unspecified atom stereocenters. The van der Waals surface area contributed by atoms with Crippen LogP contribution in [0.2, 0.25) is 0 Å². The van der Waals surface area contributed by atoms with E-state index in [0.29, 0.717) is 12.3 Å². The summed E-state index contributed by atoms with van der Waals surface area (Å²) in [5.41, 5.74) is 2.99. The first-order valence-corrected chi connectivity index (χ1v) is 9.39. The van der Waals surface area contributed by atoms with E-state index in [1.807, 2.05) is 29.3 Å². The van der Waals surface area contributed by atoms with Crippen LogP contribution in [0, 0.1) is 11.7 Å². The summed E-state index contributed by atoms with van der Waals surface area (Å²) in [7, 11) is 0. The van der Waals surface area contributed by atoms with Gasteiger partial charge in [0, 0.05) is 30.2 Å². The number of phenolic OH excluding ortho intramolecular Hbond substituents is 1. The average molecular weight is 366 g/mol. The second-order valence-electron chi connectivity index (χ2n) is 7.38. The van der Waals surface area contributed by atoms with Gasteiger partial charge in [0.25, 0.3) is 0 Å². The number of aromatic hydroxyl groups is 1. The standard InChI is InChI=1S/C22H23FN2O2/c23-18-3-1-15(2-4-18)11-16-7-9-25(10-8-16)22(27)12-17-14-24-21-6-5-19(26)13-20(17)21/h1-6,13-14,16,24,26H,7-12H2. The van der Waals surface area contributed by atoms with E-state index < -0.39 is 0 Å². The zero-order chi connectivity index (χ0) is 18.8. The molecule has 4 nitrogen and oxygen atoms in total. The van der Waals surface area contributed by atoms with Crippen molar-refractivity contribution in [1.29, 1.82) is 0 Å². The van der Waals surface area contributed by atoms with Crippen LogP contribution in [0.3, 0.4) is 0 Å². The molecular weight excluding hydrogens is 343 g/mol. The molecule has 2 N–H and O–H groups in total. The second kappa shape index (κ2) is 7.43. The van der Waals surface area contributed by atoms with Gasteiger partial charge in [-0.2, -0.15) is 0 Å². The van der Waals surface area contributed by atoms with Crippen molar-refractivity contribution in [3.63, 3.8) is 0 Å². The van der Waals surface area contributed by atoms with Gasteiger partial charge in [-0.15, -0.1) is 0 Å². The summed E-state index contributed by atoms with van der Waals surface area (Å²) < 4.78 is 13.0. The fraction of sp³-hybridized carbons (Fsp3) is 0.318. The predicted molar refractivity (Wildman–Crippen MR) is 103 cm³/mol. The molecule has 4 rings (SSSR count). The lowest BCUT2D eigenvalue weighted by Crippen LogP contribution is -2.39. The molecule has 1 aromatic heterocycles. The highest BCUT2D eigenvalue weighted by Gasteiger charge is 2.23. The Bertz CT molecular complexity index is 941. The average Bonchev–Trinajstić information content (AvgIpc) is 3.06. The van der Waals surface area contributed by atoms with Crippen LogP contribution in [0.4, 0.5) is 4.39 Å². The van der Waals surface area contributed by atoms with E-state index in [9.17, 15) is 14.3 Å². The molecule has 140 valence electrons. The molecular formula is C22H23FN2O2. The fourth-order valence-electron chi connectivity index (χ4n) is 3.93. The molecule has 1 aliphatic rings. The lowest BCUT2D eigenvalue weighted by Gasteiger charge is -2.32. The highest BCUT2D eigenvalue weighted by molar-refractivity contribution is 5.89. The van der Waals surface area contributed by atoms with E-state index in [-0.39, 0.29) is 17.5 Å². The van der Waals surface area contributed by atoms with Gasteiger partial charge < -0.3 is 15.0 Å². The highest BCUT2D eigenvalue weighted by atomic mass is 19.1. The summed E-state index contributed by atoms with van der Waals surface area (Å²) in [5, 5.41) is 10.6. The molecule has 1 fully saturated rings. The number of H-pyrrole nitrogens is 1. The monoisotopic (exact) mass is 366 g/mol. The molecule has 3 aromatic rings. The topological polar surface area (TPSA) is 56.3 Å². The number of phenols is 1. The van der Waals surface area contributed by atoms with Gasteiger partial charge in [0.1, 0.15) is 11.6 Å². The number of nitrogens with zero attached hydrogens (tertiary/aromatic N) is 1. The quantitative estimate of drug-likeness (QED) is 0.732. The van der Waals surface area contributed by atoms with Crippen molar-refractivity contribution in [2.45, 2.75) is 25.7 Å². The van der Waals surface area contributed by atoms with Crippen molar-refractivity contribution in [3.05, 3.63) is 65.6 Å². The molecule has 1 aliphatic heterocycles. The summed E-state index contributed by atoms with van der Waals surface area (Å²) in [6, 6.07) is 11.9. The summed E-state index contributed by atoms with van der Waals surface area (Å²) in [5.74, 6) is 0.659. The van der Waals surface area contributed by atoms with Crippen LogP contribution in [-0.4, -0.2) is 34.0 Å². The molecule has 0 radical (unpaired) electrons. The third-order valence-electron chi connectivity index (χ3n) is 5.50. The number of hydrogen-bond donors (Lipinski definition) is 2. The number of benzene rings is 2. The van der Waals surface area contributed by atoms with Gasteiger partial charge in [-0.3, -0.25) is 4.79 Å². The number of nitrogens with one attached hydrogen (secondary N) is 1. The number of hydrogen-bond acceptors (Lipinski definition) is 2. The number of halogens is 1. The Morgan fingerprint density at radius 1 is 1.15 bits per heavy atom. The van der Waals surface area contributed by atoms with E-state index in [4.69, 9.17) is 0 Å². The van der Waals surface area contributed by atoms with Gasteiger partial charge in [-0.05, 0) is 66.6 Å². The summed E-state index contributed by atoms with van der Waals surface area (Å²) in [6.45, 7) is 1.52. The van der Waals surface area contributed by atoms with Crippen LogP contribution in [-0.2, 0) is 17.6 Å². The largest absolute Gasteiger partial charge is 0.508 e. The zero-order valence-corrected chi connectivity index (χ0v) is 15.1. The van der Waals surface area contributed by atoms with Crippen LogP contribution in [0.5, 0.6) is 5.75 Å². The number of piperidine rings is 1. The van der Waals surface area contributed by atoms with Gasteiger partial charge in [0.2, 0.25) is 5.91 Å². The van der Waals surface area contributed by atoms with Gasteiger partial charge in [-0.25, -0.2) is 4.39 Å². The molecule has 27 heavy (non-hydrogen) atoms. The lowest BCUT2D eigenvalue weighted by molar-refractivity contribution is -0.131. The second-order valence-corrected chi connectivity index (χ2v) is 7.38. The van der Waals surface area contributed by atoms with Crippen molar-refractivity contribution >= 4 is 16.8 Å². The highest BCUT2D eigenvalue weighted by Crippen LogP contribution is 2.25. The number of rotatable bonds is 4. The Balaban J connectivity index is 1.34. The van der Waals surface area contributed by atoms with Crippen molar-refractivity contribution < 1.29 is 14.3 Å². The first-order valence-electron chi connectivity index (χ1n) is 9.39. The summed E-state index contributed by atoms with van der Waals surface area (Å²) >= 11 is 0. The van der Waals surface area contributed by atoms with E-state index in [1.165, 1.54) is 12.1 Å². The van der Waals surface area contributed by atoms with E-state index in [1.54, 1.807) is 12.1 Å². The van der Waals surface area contributed by atoms with Gasteiger partial charge >= 0.3 is 0 Å². The maximum Gasteiger partial charge on any atom is 0.227 e. The molecule has 1 amide bonds. The van der Waals surface area contributed by atoms with Gasteiger partial charge in [0.15, 0.2) is 0 Å². The molecule has 0 saturated carbocycles. The third kappa shape index (κ3) is 3.97. The summed E-state index contributed by atoms with van der Waals surface area (Å²) in [4.78, 5) is 17.8. The van der Waals surface area contributed by atoms with Crippen LogP contribution < -0.4 is 0 Å². The van der Waals surface area contributed by atoms with E-state index in [0.717, 1.165) is 54.4 Å². The van der Waals surface area contributed by atoms with Crippen molar-refractivity contribution in [2.24, 2.45) is 5.92 Å². The molecule has 0 atom stereocenters. The Labute approximate surface area is 157 Å². The first kappa shape index (κ1) is 17.6. The Kier molecular flexibility index (Phi) is 4.84. The SMILES string of the molecule is O=C(Cc1c[nH]c2ccc(O)cc12)N1CCC(Cc2ccc(F)cc2)CC1. The van der Waals surface area contributed by atoms with Gasteiger partial charge in [0.05, 0.1) is 6.42 Å². The summed E-state index contributed by atoms with van der Waals surface area (Å²) in [6.07, 6.45) is 5.06. The van der Waals surface area contributed by atoms with Crippen LogP contribution in [0.15, 0.2) is 48.7 Å². The van der Waals surface area contributed by atoms with E-state index >= 15 is 0 Å². The minimum atomic E-state index is -0.204. The smallest absolute Gasteiger partial charge is 0.227 e. The van der Waals surface area contributed by atoms with Crippen LogP contribution in [0.1, 0.15) is 24.0 Å². The molecule has 1 saturated heterocycles. The first-order chi connectivity index (χ1) is 13.1. The zero-order valence-electron chi connectivity index (χ0n) is 15.1. The molecule has 0 aliphatic carbocycles. The third-order valence-corrected chi connectivity index (χ3v) is 5.50. The van der Waals surface area contributed by atoms with Crippen molar-refractivity contribution in [1.82, 2.24) is 9.88 Å². The maximum absolute atomic E-state index is 13.0. The number of aromatic nitrogens is 1. The predicted octanol–water partition coefficient (Wildman–Crippen LogP) is 4.04.